The molecule has 0 aromatic carbocycles. The monoisotopic (exact) mass is 240 g/mol. The van der Waals surface area contributed by atoms with Crippen LogP contribution in [0.5, 0.6) is 0 Å². The molecule has 86 valence electrons. The molecule has 0 fully saturated rings. The van der Waals surface area contributed by atoms with Gasteiger partial charge in [-0.05, 0) is 6.42 Å². The summed E-state index contributed by atoms with van der Waals surface area (Å²) in [5.41, 5.74) is 0. The first-order valence-corrected chi connectivity index (χ1v) is 5.94. The lowest BCUT2D eigenvalue weighted by atomic mass is 10.2. The average molecular weight is 240 g/mol. The summed E-state index contributed by atoms with van der Waals surface area (Å²) >= 11 is 1.28. The maximum Gasteiger partial charge on any atom is 0.310 e. The van der Waals surface area contributed by atoms with Gasteiger partial charge in [0.1, 0.15) is 5.01 Å². The molecule has 7 heteroatoms. The highest BCUT2D eigenvalue weighted by atomic mass is 32.1. The van der Waals surface area contributed by atoms with Crippen LogP contribution in [0.2, 0.25) is 0 Å². The largest absolute Gasteiger partial charge is 0.481 e. The highest BCUT2D eigenvalue weighted by Gasteiger charge is 2.12. The topological polar surface area (TPSA) is 80.4 Å². The number of unbranched alkanes of at least 4 members (excludes halogenated alkanes) is 1. The van der Waals surface area contributed by atoms with Crippen LogP contribution in [0.3, 0.4) is 0 Å². The van der Waals surface area contributed by atoms with E-state index in [0.717, 1.165) is 25.1 Å². The number of nitrogens with zero attached hydrogens (tertiary/aromatic N) is 4. The normalized spacial score (nSPS) is 11.1. The molecule has 0 saturated heterocycles. The number of fused-ring (bicyclic) bond motifs is 1. The Morgan fingerprint density at radius 2 is 2.31 bits per heavy atom. The Morgan fingerprint density at radius 1 is 1.50 bits per heavy atom. The van der Waals surface area contributed by atoms with Crippen LogP contribution in [0, 0.1) is 0 Å². The van der Waals surface area contributed by atoms with Gasteiger partial charge in [0.25, 0.3) is 0 Å². The Balaban J connectivity index is 2.24. The minimum Gasteiger partial charge on any atom is -0.481 e. The van der Waals surface area contributed by atoms with Crippen molar-refractivity contribution in [3.05, 3.63) is 10.8 Å². The van der Waals surface area contributed by atoms with E-state index in [0.29, 0.717) is 9.97 Å². The lowest BCUT2D eigenvalue weighted by molar-refractivity contribution is -0.136. The van der Waals surface area contributed by atoms with Crippen molar-refractivity contribution in [2.24, 2.45) is 0 Å². The SMILES string of the molecule is CCCCc1nnc2sc(CC(=O)O)nn12. The van der Waals surface area contributed by atoms with Crippen LogP contribution in [0.15, 0.2) is 0 Å². The van der Waals surface area contributed by atoms with Crippen molar-refractivity contribution in [3.8, 4) is 0 Å². The summed E-state index contributed by atoms with van der Waals surface area (Å²) in [6, 6.07) is 0. The fourth-order valence-corrected chi connectivity index (χ4v) is 2.23. The Morgan fingerprint density at radius 3 is 3.00 bits per heavy atom. The smallest absolute Gasteiger partial charge is 0.310 e. The first-order valence-electron chi connectivity index (χ1n) is 5.12. The van der Waals surface area contributed by atoms with Gasteiger partial charge in [-0.15, -0.1) is 10.2 Å². The van der Waals surface area contributed by atoms with Crippen molar-refractivity contribution in [2.75, 3.05) is 0 Å². The Hall–Kier alpha value is -1.50. The van der Waals surface area contributed by atoms with Gasteiger partial charge >= 0.3 is 5.97 Å². The van der Waals surface area contributed by atoms with Crippen LogP contribution in [0.4, 0.5) is 0 Å². The fraction of sp³-hybridized carbons (Fsp3) is 0.556. The molecular formula is C9H12N4O2S. The highest BCUT2D eigenvalue weighted by Crippen LogP contribution is 2.15. The zero-order valence-electron chi connectivity index (χ0n) is 8.88. The molecule has 0 aliphatic carbocycles. The number of carboxylic acid groups (broad SMARTS) is 1. The lowest BCUT2D eigenvalue weighted by Gasteiger charge is -1.93. The molecule has 6 nitrogen and oxygen atoms in total. The van der Waals surface area contributed by atoms with Crippen molar-refractivity contribution in [2.45, 2.75) is 32.6 Å². The van der Waals surface area contributed by atoms with Gasteiger partial charge in [-0.3, -0.25) is 4.79 Å². The van der Waals surface area contributed by atoms with E-state index >= 15 is 0 Å². The Bertz CT molecular complexity index is 505. The molecule has 0 bridgehead atoms. The van der Waals surface area contributed by atoms with Crippen LogP contribution >= 0.6 is 11.3 Å². The molecule has 2 rings (SSSR count). The summed E-state index contributed by atoms with van der Waals surface area (Å²) in [5, 5.41) is 21.4. The molecular weight excluding hydrogens is 228 g/mol. The molecule has 2 aromatic rings. The van der Waals surface area contributed by atoms with Gasteiger partial charge in [-0.25, -0.2) is 0 Å². The molecule has 0 aliphatic heterocycles. The molecule has 0 spiro atoms. The van der Waals surface area contributed by atoms with Crippen molar-refractivity contribution in [1.82, 2.24) is 19.8 Å². The van der Waals surface area contributed by atoms with Crippen LogP contribution in [-0.2, 0) is 17.6 Å². The number of carbonyl (C=O) groups is 1. The van der Waals surface area contributed by atoms with E-state index in [-0.39, 0.29) is 6.42 Å². The zero-order valence-corrected chi connectivity index (χ0v) is 9.70. The molecule has 0 radical (unpaired) electrons. The number of aryl methyl sites for hydroxylation is 1. The van der Waals surface area contributed by atoms with Gasteiger partial charge in [0.2, 0.25) is 4.96 Å². The molecule has 16 heavy (non-hydrogen) atoms. The second-order valence-corrected chi connectivity index (χ2v) is 4.52. The number of rotatable bonds is 5. The second-order valence-electron chi connectivity index (χ2n) is 3.48. The van der Waals surface area contributed by atoms with E-state index < -0.39 is 5.97 Å². The maximum atomic E-state index is 10.5. The summed E-state index contributed by atoms with van der Waals surface area (Å²) in [7, 11) is 0. The van der Waals surface area contributed by atoms with Crippen LogP contribution < -0.4 is 0 Å². The molecule has 2 aromatic heterocycles. The number of hydrogen-bond acceptors (Lipinski definition) is 5. The number of aliphatic carboxylic acids is 1. The second kappa shape index (κ2) is 4.56. The van der Waals surface area contributed by atoms with Crippen LogP contribution in [-0.4, -0.2) is 30.9 Å². The minimum atomic E-state index is -0.875. The fourth-order valence-electron chi connectivity index (χ4n) is 1.39. The summed E-state index contributed by atoms with van der Waals surface area (Å²) < 4.78 is 1.65. The van der Waals surface area contributed by atoms with E-state index in [1.54, 1.807) is 4.52 Å². The Labute approximate surface area is 95.9 Å². The first kappa shape index (κ1) is 11.0. The number of hydrogen-bond donors (Lipinski definition) is 1. The molecule has 0 unspecified atom stereocenters. The van der Waals surface area contributed by atoms with Gasteiger partial charge in [0.15, 0.2) is 5.82 Å². The first-order chi connectivity index (χ1) is 7.70. The highest BCUT2D eigenvalue weighted by molar-refractivity contribution is 7.16. The molecule has 0 atom stereocenters. The predicted molar refractivity (Wildman–Crippen MR) is 58.6 cm³/mol. The summed E-state index contributed by atoms with van der Waals surface area (Å²) in [4.78, 5) is 11.2. The molecule has 0 saturated carbocycles. The molecule has 0 aliphatic rings. The van der Waals surface area contributed by atoms with Crippen molar-refractivity contribution < 1.29 is 9.90 Å². The van der Waals surface area contributed by atoms with Crippen LogP contribution in [0.25, 0.3) is 4.96 Å². The Kier molecular flexibility index (Phi) is 3.14. The minimum absolute atomic E-state index is 0.0543. The van der Waals surface area contributed by atoms with E-state index in [1.165, 1.54) is 11.3 Å². The van der Waals surface area contributed by atoms with Gasteiger partial charge in [0, 0.05) is 6.42 Å². The van der Waals surface area contributed by atoms with Crippen molar-refractivity contribution >= 4 is 22.3 Å². The van der Waals surface area contributed by atoms with Crippen LogP contribution in [0.1, 0.15) is 30.6 Å². The van der Waals surface area contributed by atoms with E-state index in [1.807, 2.05) is 0 Å². The summed E-state index contributed by atoms with van der Waals surface area (Å²) in [6.07, 6.45) is 2.89. The molecule has 2 heterocycles. The summed E-state index contributed by atoms with van der Waals surface area (Å²) in [5.74, 6) is -0.0650. The maximum absolute atomic E-state index is 10.5. The lowest BCUT2D eigenvalue weighted by Crippen LogP contribution is -2.02. The van der Waals surface area contributed by atoms with Gasteiger partial charge in [-0.1, -0.05) is 24.7 Å². The molecule has 1 N–H and O–H groups in total. The van der Waals surface area contributed by atoms with Crippen molar-refractivity contribution in [1.29, 1.82) is 0 Å². The standard InChI is InChI=1S/C9H12N4O2S/c1-2-3-4-6-10-11-9-13(6)12-7(16-9)5-8(14)15/h2-5H2,1H3,(H,14,15). The third-order valence-corrected chi connectivity index (χ3v) is 3.05. The average Bonchev–Trinajstić information content (AvgIpc) is 2.74. The third kappa shape index (κ3) is 2.19. The predicted octanol–water partition coefficient (Wildman–Crippen LogP) is 1.16. The summed E-state index contributed by atoms with van der Waals surface area (Å²) in [6.45, 7) is 2.11. The number of carboxylic acids is 1. The van der Waals surface area contributed by atoms with Gasteiger partial charge in [0.05, 0.1) is 6.42 Å². The third-order valence-electron chi connectivity index (χ3n) is 2.15. The van der Waals surface area contributed by atoms with E-state index in [2.05, 4.69) is 22.2 Å². The molecule has 0 amide bonds. The van der Waals surface area contributed by atoms with E-state index in [4.69, 9.17) is 5.11 Å². The van der Waals surface area contributed by atoms with E-state index in [9.17, 15) is 4.79 Å². The number of aromatic nitrogens is 4. The van der Waals surface area contributed by atoms with Crippen molar-refractivity contribution in [3.63, 3.8) is 0 Å². The zero-order chi connectivity index (χ0) is 11.5. The quantitative estimate of drug-likeness (QED) is 0.848. The van der Waals surface area contributed by atoms with Gasteiger partial charge in [-0.2, -0.15) is 9.61 Å². The van der Waals surface area contributed by atoms with Gasteiger partial charge < -0.3 is 5.11 Å².